The third-order valence-corrected chi connectivity index (χ3v) is 17.3. The maximum Gasteiger partial charge on any atom is 0.436 e. The summed E-state index contributed by atoms with van der Waals surface area (Å²) in [7, 11) is -5.79. The SMILES string of the molecule is CC(=O)O[C@@H]1[C@@H]2O[Si](C(C)C)(C(C)C)O[Si](C(C)C)(C(C)C)OC[C@H]2O[C@@H]1n1ccnc1[N+](=O)[O-]. The minimum atomic E-state index is -3.00. The largest absolute Gasteiger partial charge is 0.453 e. The van der Waals surface area contributed by atoms with Gasteiger partial charge in [-0.25, -0.2) is 0 Å². The van der Waals surface area contributed by atoms with Crippen molar-refractivity contribution in [1.29, 1.82) is 0 Å². The second-order valence-corrected chi connectivity index (χ2v) is 19.4. The highest BCUT2D eigenvalue weighted by molar-refractivity contribution is 6.84. The number of carbonyl (C=O) groups excluding carboxylic acids is 1. The Morgan fingerprint density at radius 1 is 1.11 bits per heavy atom. The van der Waals surface area contributed by atoms with Crippen molar-refractivity contribution in [3.8, 4) is 0 Å². The van der Waals surface area contributed by atoms with Gasteiger partial charge in [0.2, 0.25) is 6.23 Å². The Labute approximate surface area is 209 Å². The molecule has 0 aromatic carbocycles. The van der Waals surface area contributed by atoms with Gasteiger partial charge >= 0.3 is 29.0 Å². The van der Waals surface area contributed by atoms with Gasteiger partial charge in [0.15, 0.2) is 6.10 Å². The summed E-state index contributed by atoms with van der Waals surface area (Å²) in [5, 5.41) is 11.6. The molecule has 2 aliphatic rings. The number of hydrogen-bond acceptors (Lipinski definition) is 9. The van der Waals surface area contributed by atoms with Gasteiger partial charge in [-0.15, -0.1) is 0 Å². The van der Waals surface area contributed by atoms with E-state index in [-0.39, 0.29) is 28.8 Å². The van der Waals surface area contributed by atoms with Crippen molar-refractivity contribution in [1.82, 2.24) is 9.55 Å². The van der Waals surface area contributed by atoms with Gasteiger partial charge in [-0.05, 0) is 27.1 Å². The quantitative estimate of drug-likeness (QED) is 0.216. The minimum Gasteiger partial charge on any atom is -0.453 e. The number of rotatable bonds is 7. The molecule has 2 aliphatic heterocycles. The molecule has 0 spiro atoms. The van der Waals surface area contributed by atoms with Gasteiger partial charge in [0.1, 0.15) is 24.6 Å². The van der Waals surface area contributed by atoms with E-state index < -0.39 is 58.5 Å². The first-order valence-corrected chi connectivity index (χ1v) is 16.2. The van der Waals surface area contributed by atoms with Crippen LogP contribution < -0.4 is 0 Å². The number of carbonyl (C=O) groups is 1. The zero-order valence-corrected chi connectivity index (χ0v) is 24.1. The predicted octanol–water partition coefficient (Wildman–Crippen LogP) is 4.58. The van der Waals surface area contributed by atoms with Crippen LogP contribution in [0.25, 0.3) is 0 Å². The van der Waals surface area contributed by atoms with Crippen LogP contribution in [0.5, 0.6) is 0 Å². The van der Waals surface area contributed by atoms with E-state index in [0.717, 1.165) is 0 Å². The number of aromatic nitrogens is 2. The van der Waals surface area contributed by atoms with E-state index in [9.17, 15) is 14.9 Å². The van der Waals surface area contributed by atoms with Crippen LogP contribution in [0.1, 0.15) is 68.5 Å². The second kappa shape index (κ2) is 10.4. The molecule has 2 saturated heterocycles. The summed E-state index contributed by atoms with van der Waals surface area (Å²) in [5.74, 6) is -0.933. The first-order chi connectivity index (χ1) is 16.3. The molecule has 3 rings (SSSR count). The zero-order chi connectivity index (χ0) is 26.3. The van der Waals surface area contributed by atoms with Crippen LogP contribution in [0.15, 0.2) is 12.4 Å². The molecular formula is C22H39N3O8Si2. The Hall–Kier alpha value is -1.65. The highest BCUT2D eigenvalue weighted by atomic mass is 28.5. The van der Waals surface area contributed by atoms with E-state index in [0.29, 0.717) is 0 Å². The smallest absolute Gasteiger partial charge is 0.436 e. The van der Waals surface area contributed by atoms with Crippen molar-refractivity contribution in [2.45, 2.75) is 109 Å². The minimum absolute atomic E-state index is 0.0637. The number of nitrogens with zero attached hydrogens (tertiary/aromatic N) is 3. The lowest BCUT2D eigenvalue weighted by Crippen LogP contribution is -2.66. The average molecular weight is 530 g/mol. The normalized spacial score (nSPS) is 28.3. The molecule has 0 radical (unpaired) electrons. The molecule has 2 fully saturated rings. The van der Waals surface area contributed by atoms with Gasteiger partial charge in [-0.2, -0.15) is 4.57 Å². The fourth-order valence-electron chi connectivity index (χ4n) is 5.31. The molecule has 4 atom stereocenters. The van der Waals surface area contributed by atoms with E-state index in [4.69, 9.17) is 22.4 Å². The molecule has 0 N–H and O–H groups in total. The lowest BCUT2D eigenvalue weighted by atomic mass is 10.1. The van der Waals surface area contributed by atoms with Crippen molar-refractivity contribution in [2.75, 3.05) is 6.61 Å². The molecule has 1 aromatic rings. The van der Waals surface area contributed by atoms with Crippen LogP contribution in [0.3, 0.4) is 0 Å². The van der Waals surface area contributed by atoms with Gasteiger partial charge in [0.05, 0.1) is 6.61 Å². The maximum absolute atomic E-state index is 12.1. The Morgan fingerprint density at radius 2 is 1.69 bits per heavy atom. The van der Waals surface area contributed by atoms with Crippen LogP contribution in [-0.2, 0) is 27.2 Å². The number of nitro groups is 1. The van der Waals surface area contributed by atoms with Crippen LogP contribution in [0.2, 0.25) is 22.2 Å². The number of imidazole rings is 1. The Balaban J connectivity index is 2.15. The number of ether oxygens (including phenoxy) is 2. The molecule has 13 heteroatoms. The third-order valence-electron chi connectivity index (χ3n) is 7.00. The highest BCUT2D eigenvalue weighted by Crippen LogP contribution is 2.49. The molecule has 198 valence electrons. The summed E-state index contributed by atoms with van der Waals surface area (Å²) in [6, 6.07) is 0. The lowest BCUT2D eigenvalue weighted by Gasteiger charge is -2.51. The fraction of sp³-hybridized carbons (Fsp3) is 0.818. The Kier molecular flexibility index (Phi) is 8.28. The van der Waals surface area contributed by atoms with Crippen LogP contribution in [0.4, 0.5) is 5.95 Å². The van der Waals surface area contributed by atoms with Crippen LogP contribution in [-0.4, -0.2) is 62.5 Å². The molecule has 0 unspecified atom stereocenters. The van der Waals surface area contributed by atoms with E-state index in [1.54, 1.807) is 0 Å². The summed E-state index contributed by atoms with van der Waals surface area (Å²) in [6.07, 6.45) is -0.470. The lowest BCUT2D eigenvalue weighted by molar-refractivity contribution is -0.398. The summed E-state index contributed by atoms with van der Waals surface area (Å²) in [5.41, 5.74) is 0.439. The number of esters is 1. The number of hydrogen-bond donors (Lipinski definition) is 0. The van der Waals surface area contributed by atoms with Crippen molar-refractivity contribution >= 4 is 29.0 Å². The fourth-order valence-corrected chi connectivity index (χ4v) is 16.5. The molecule has 0 amide bonds. The topological polar surface area (TPSA) is 124 Å². The summed E-state index contributed by atoms with van der Waals surface area (Å²) in [4.78, 5) is 27.0. The van der Waals surface area contributed by atoms with Crippen molar-refractivity contribution < 1.29 is 32.2 Å². The van der Waals surface area contributed by atoms with Crippen molar-refractivity contribution in [2.24, 2.45) is 0 Å². The zero-order valence-electron chi connectivity index (χ0n) is 22.1. The molecule has 11 nitrogen and oxygen atoms in total. The van der Waals surface area contributed by atoms with Crippen molar-refractivity contribution in [3.63, 3.8) is 0 Å². The molecular weight excluding hydrogens is 490 g/mol. The molecule has 35 heavy (non-hydrogen) atoms. The molecule has 3 heterocycles. The molecule has 0 bridgehead atoms. The van der Waals surface area contributed by atoms with Gasteiger partial charge < -0.3 is 32.6 Å². The molecule has 0 saturated carbocycles. The predicted molar refractivity (Wildman–Crippen MR) is 132 cm³/mol. The van der Waals surface area contributed by atoms with Gasteiger partial charge in [0.25, 0.3) is 0 Å². The van der Waals surface area contributed by atoms with Crippen LogP contribution >= 0.6 is 0 Å². The van der Waals surface area contributed by atoms with E-state index in [1.807, 2.05) is 0 Å². The third kappa shape index (κ3) is 4.98. The second-order valence-electron chi connectivity index (χ2n) is 10.6. The standard InChI is InChI=1S/C22H39N3O8Si2/c1-13(2)34(14(3)4)29-12-18-19(32-35(33-34,15(5)6)16(7)8)20(30-17(9)26)21(31-18)24-11-10-23-22(24)25(27)28/h10-11,13-16,18-21H,12H2,1-9H3/t18-,19-,20-,21+/m1/s1. The Bertz CT molecular complexity index is 906. The van der Waals surface area contributed by atoms with E-state index >= 15 is 0 Å². The summed E-state index contributed by atoms with van der Waals surface area (Å²) in [6.45, 7) is 18.3. The summed E-state index contributed by atoms with van der Waals surface area (Å²) < 4.78 is 34.2. The first kappa shape index (κ1) is 27.9. The monoisotopic (exact) mass is 529 g/mol. The van der Waals surface area contributed by atoms with Gasteiger partial charge in [-0.3, -0.25) is 4.79 Å². The van der Waals surface area contributed by atoms with E-state index in [1.165, 1.54) is 23.9 Å². The molecule has 1 aromatic heterocycles. The van der Waals surface area contributed by atoms with Gasteiger partial charge in [0, 0.05) is 6.92 Å². The van der Waals surface area contributed by atoms with E-state index in [2.05, 4.69) is 60.4 Å². The number of fused-ring (bicyclic) bond motifs is 1. The van der Waals surface area contributed by atoms with Gasteiger partial charge in [-0.1, -0.05) is 60.4 Å². The van der Waals surface area contributed by atoms with Crippen LogP contribution in [0, 0.1) is 10.1 Å². The highest BCUT2D eigenvalue weighted by Gasteiger charge is 2.63. The maximum atomic E-state index is 12.1. The van der Waals surface area contributed by atoms with Crippen molar-refractivity contribution in [3.05, 3.63) is 22.5 Å². The Morgan fingerprint density at radius 3 is 2.17 bits per heavy atom. The summed E-state index contributed by atoms with van der Waals surface area (Å²) >= 11 is 0. The molecule has 0 aliphatic carbocycles. The first-order valence-electron chi connectivity index (χ1n) is 12.3. The average Bonchev–Trinajstić information content (AvgIpc) is 3.32.